The molecule has 0 saturated heterocycles. The number of fused-ring (bicyclic) bond motifs is 1. The van der Waals surface area contributed by atoms with Crippen molar-refractivity contribution in [2.45, 2.75) is 13.2 Å². The van der Waals surface area contributed by atoms with Gasteiger partial charge in [0, 0.05) is 17.7 Å². The Morgan fingerprint density at radius 2 is 1.41 bits per heavy atom. The van der Waals surface area contributed by atoms with E-state index in [2.05, 4.69) is 0 Å². The molecular formula is C31H26O6. The van der Waals surface area contributed by atoms with Gasteiger partial charge in [-0.2, -0.15) is 0 Å². The van der Waals surface area contributed by atoms with E-state index in [-0.39, 0.29) is 12.6 Å². The number of ketones is 1. The first kappa shape index (κ1) is 24.0. The molecule has 6 nitrogen and oxygen atoms in total. The zero-order valence-electron chi connectivity index (χ0n) is 20.4. The Bertz CT molecular complexity index is 1400. The molecule has 6 heteroatoms. The highest BCUT2D eigenvalue weighted by Crippen LogP contribution is 2.39. The highest BCUT2D eigenvalue weighted by Gasteiger charge is 2.18. The Morgan fingerprint density at radius 1 is 0.784 bits per heavy atom. The van der Waals surface area contributed by atoms with E-state index in [1.807, 2.05) is 66.7 Å². The summed E-state index contributed by atoms with van der Waals surface area (Å²) >= 11 is 0. The van der Waals surface area contributed by atoms with Crippen LogP contribution in [0.25, 0.3) is 6.08 Å². The molecule has 0 saturated carbocycles. The Hall–Kier alpha value is -4.71. The van der Waals surface area contributed by atoms with Crippen LogP contribution in [-0.4, -0.2) is 19.7 Å². The minimum atomic E-state index is -0.211. The molecule has 0 radical (unpaired) electrons. The molecule has 5 rings (SSSR count). The lowest BCUT2D eigenvalue weighted by Crippen LogP contribution is -2.03. The maximum Gasteiger partial charge on any atom is 0.231 e. The molecule has 4 aromatic rings. The predicted molar refractivity (Wildman–Crippen MR) is 140 cm³/mol. The minimum Gasteiger partial charge on any atom is -0.497 e. The smallest absolute Gasteiger partial charge is 0.231 e. The van der Waals surface area contributed by atoms with Gasteiger partial charge in [0.2, 0.25) is 6.79 Å². The first-order valence-corrected chi connectivity index (χ1v) is 11.9. The number of hydrogen-bond acceptors (Lipinski definition) is 6. The Morgan fingerprint density at radius 3 is 2.05 bits per heavy atom. The first-order valence-electron chi connectivity index (χ1n) is 11.9. The summed E-state index contributed by atoms with van der Waals surface area (Å²) in [5.41, 5.74) is 3.17. The summed E-state index contributed by atoms with van der Waals surface area (Å²) in [6, 6.07) is 28.4. The summed E-state index contributed by atoms with van der Waals surface area (Å²) in [5, 5.41) is 0. The highest BCUT2D eigenvalue weighted by atomic mass is 16.7. The quantitative estimate of drug-likeness (QED) is 0.186. The number of rotatable bonds is 10. The third kappa shape index (κ3) is 5.93. The lowest BCUT2D eigenvalue weighted by atomic mass is 10.1. The van der Waals surface area contributed by atoms with Crippen molar-refractivity contribution in [3.63, 3.8) is 0 Å². The fourth-order valence-electron chi connectivity index (χ4n) is 3.87. The minimum absolute atomic E-state index is 0.146. The Labute approximate surface area is 215 Å². The van der Waals surface area contributed by atoms with E-state index in [0.717, 1.165) is 11.1 Å². The molecule has 0 spiro atoms. The summed E-state index contributed by atoms with van der Waals surface area (Å²) in [6.45, 7) is 0.858. The topological polar surface area (TPSA) is 63.2 Å². The summed E-state index contributed by atoms with van der Waals surface area (Å²) in [6.07, 6.45) is 3.22. The molecule has 0 N–H and O–H groups in total. The van der Waals surface area contributed by atoms with E-state index in [0.29, 0.717) is 53.1 Å². The molecule has 0 fully saturated rings. The first-order chi connectivity index (χ1) is 18.2. The molecule has 186 valence electrons. The zero-order chi connectivity index (χ0) is 25.5. The summed E-state index contributed by atoms with van der Waals surface area (Å²) in [4.78, 5) is 13.3. The fraction of sp³-hybridized carbons (Fsp3) is 0.129. The molecule has 37 heavy (non-hydrogen) atoms. The van der Waals surface area contributed by atoms with Gasteiger partial charge in [-0.15, -0.1) is 0 Å². The number of ether oxygens (including phenoxy) is 5. The van der Waals surface area contributed by atoms with E-state index in [4.69, 9.17) is 23.7 Å². The largest absolute Gasteiger partial charge is 0.497 e. The molecular weight excluding hydrogens is 468 g/mol. The van der Waals surface area contributed by atoms with Crippen LogP contribution in [-0.2, 0) is 13.2 Å². The summed E-state index contributed by atoms with van der Waals surface area (Å²) < 4.78 is 28.5. The van der Waals surface area contributed by atoms with Crippen LogP contribution in [0.15, 0.2) is 97.1 Å². The maximum atomic E-state index is 13.3. The van der Waals surface area contributed by atoms with Gasteiger partial charge in [0.15, 0.2) is 17.3 Å². The van der Waals surface area contributed by atoms with Crippen molar-refractivity contribution in [2.24, 2.45) is 0 Å². The van der Waals surface area contributed by atoms with Crippen molar-refractivity contribution in [3.8, 4) is 28.7 Å². The second-order valence-corrected chi connectivity index (χ2v) is 8.35. The molecule has 4 aromatic carbocycles. The number of allylic oxidation sites excluding steroid dienone is 1. The molecule has 0 atom stereocenters. The van der Waals surface area contributed by atoms with Crippen molar-refractivity contribution in [2.75, 3.05) is 13.9 Å². The van der Waals surface area contributed by atoms with Crippen LogP contribution in [0.5, 0.6) is 28.7 Å². The zero-order valence-corrected chi connectivity index (χ0v) is 20.4. The molecule has 1 aliphatic heterocycles. The molecule has 0 amide bonds. The fourth-order valence-corrected chi connectivity index (χ4v) is 3.87. The second-order valence-electron chi connectivity index (χ2n) is 8.35. The lowest BCUT2D eigenvalue weighted by molar-refractivity contribution is 0.104. The van der Waals surface area contributed by atoms with Crippen molar-refractivity contribution in [1.82, 2.24) is 0 Å². The number of methoxy groups -OCH3 is 1. The Balaban J connectivity index is 1.38. The van der Waals surface area contributed by atoms with Gasteiger partial charge in [-0.1, -0.05) is 60.7 Å². The maximum absolute atomic E-state index is 13.3. The molecule has 1 heterocycles. The van der Waals surface area contributed by atoms with Crippen molar-refractivity contribution in [1.29, 1.82) is 0 Å². The van der Waals surface area contributed by atoms with Gasteiger partial charge in [0.1, 0.15) is 30.5 Å². The molecule has 0 unspecified atom stereocenters. The molecule has 0 aromatic heterocycles. The van der Waals surface area contributed by atoms with Crippen LogP contribution in [0, 0.1) is 0 Å². The number of carbonyl (C=O) groups is 1. The Kier molecular flexibility index (Phi) is 7.36. The van der Waals surface area contributed by atoms with Gasteiger partial charge in [0.05, 0.1) is 12.7 Å². The van der Waals surface area contributed by atoms with E-state index in [1.165, 1.54) is 6.08 Å². The average molecular weight is 495 g/mol. The average Bonchev–Trinajstić information content (AvgIpc) is 3.41. The van der Waals surface area contributed by atoms with Gasteiger partial charge in [-0.25, -0.2) is 0 Å². The monoisotopic (exact) mass is 494 g/mol. The predicted octanol–water partition coefficient (Wildman–Crippen LogP) is 6.48. The SMILES string of the molecule is COc1ccc(C(=O)/C=C/c2cc3c(cc2OCc2ccccc2)OCO3)c(OCc2ccccc2)c1. The number of carbonyl (C=O) groups excluding carboxylic acids is 1. The van der Waals surface area contributed by atoms with Crippen LogP contribution in [0.4, 0.5) is 0 Å². The van der Waals surface area contributed by atoms with Crippen LogP contribution in [0.1, 0.15) is 27.0 Å². The number of hydrogen-bond donors (Lipinski definition) is 0. The van der Waals surface area contributed by atoms with Crippen molar-refractivity contribution >= 4 is 11.9 Å². The molecule has 0 aliphatic carbocycles. The summed E-state index contributed by atoms with van der Waals surface area (Å²) in [7, 11) is 1.58. The van der Waals surface area contributed by atoms with Gasteiger partial charge in [-0.3, -0.25) is 4.79 Å². The number of benzene rings is 4. The van der Waals surface area contributed by atoms with Gasteiger partial charge < -0.3 is 23.7 Å². The van der Waals surface area contributed by atoms with Gasteiger partial charge in [0.25, 0.3) is 0 Å². The third-order valence-corrected chi connectivity index (χ3v) is 5.85. The van der Waals surface area contributed by atoms with Crippen molar-refractivity contribution in [3.05, 3.63) is 119 Å². The van der Waals surface area contributed by atoms with Crippen LogP contribution < -0.4 is 23.7 Å². The van der Waals surface area contributed by atoms with E-state index < -0.39 is 0 Å². The van der Waals surface area contributed by atoms with Crippen molar-refractivity contribution < 1.29 is 28.5 Å². The van der Waals surface area contributed by atoms with E-state index in [9.17, 15) is 4.79 Å². The lowest BCUT2D eigenvalue weighted by Gasteiger charge is -2.12. The molecule has 1 aliphatic rings. The van der Waals surface area contributed by atoms with Crippen LogP contribution in [0.3, 0.4) is 0 Å². The van der Waals surface area contributed by atoms with Crippen LogP contribution in [0.2, 0.25) is 0 Å². The molecule has 0 bridgehead atoms. The third-order valence-electron chi connectivity index (χ3n) is 5.85. The normalized spacial score (nSPS) is 11.9. The van der Waals surface area contributed by atoms with E-state index >= 15 is 0 Å². The van der Waals surface area contributed by atoms with Gasteiger partial charge >= 0.3 is 0 Å². The summed E-state index contributed by atoms with van der Waals surface area (Å²) in [5.74, 6) is 2.65. The van der Waals surface area contributed by atoms with E-state index in [1.54, 1.807) is 37.5 Å². The highest BCUT2D eigenvalue weighted by molar-refractivity contribution is 6.09. The van der Waals surface area contributed by atoms with Gasteiger partial charge in [-0.05, 0) is 41.5 Å². The van der Waals surface area contributed by atoms with Crippen LogP contribution >= 0.6 is 0 Å². The second kappa shape index (κ2) is 11.4. The standard InChI is InChI=1S/C31H26O6/c1-33-25-13-14-26(29(17-25)35-20-23-10-6-3-7-11-23)27(32)15-12-24-16-30-31(37-21-36-30)18-28(24)34-19-22-8-4-2-5-9-22/h2-18H,19-21H2,1H3/b15-12+.